The first-order chi connectivity index (χ1) is 15.5. The first-order valence-corrected chi connectivity index (χ1v) is 10.9. The van der Waals surface area contributed by atoms with Crippen LogP contribution in [-0.2, 0) is 4.79 Å². The van der Waals surface area contributed by atoms with Gasteiger partial charge in [-0.2, -0.15) is 10.5 Å². The van der Waals surface area contributed by atoms with Crippen molar-refractivity contribution < 1.29 is 9.53 Å². The number of nitrogens with two attached hydrogens (primary N) is 1. The number of hydrogen-bond donors (Lipinski definition) is 2. The van der Waals surface area contributed by atoms with E-state index in [9.17, 15) is 15.3 Å². The topological polar surface area (TPSA) is 125 Å². The molecule has 0 spiro atoms. The SMILES string of the molecule is CCOc1ccc(NC(=O)CSc2nc(N)c(C#N)c(-c3ccccc3Cl)c2C#N)cc1. The number of pyridine rings is 1. The minimum atomic E-state index is -0.285. The Labute approximate surface area is 194 Å². The number of carbonyl (C=O) groups is 1. The molecule has 0 aliphatic heterocycles. The van der Waals surface area contributed by atoms with Gasteiger partial charge in [0.15, 0.2) is 0 Å². The minimum absolute atomic E-state index is 0.0117. The Bertz CT molecular complexity index is 1230. The van der Waals surface area contributed by atoms with Gasteiger partial charge in [-0.1, -0.05) is 41.6 Å². The van der Waals surface area contributed by atoms with Crippen molar-refractivity contribution in [1.29, 1.82) is 10.5 Å². The summed E-state index contributed by atoms with van der Waals surface area (Å²) < 4.78 is 5.38. The maximum atomic E-state index is 12.4. The lowest BCUT2D eigenvalue weighted by Crippen LogP contribution is -2.14. The van der Waals surface area contributed by atoms with E-state index in [1.165, 1.54) is 0 Å². The van der Waals surface area contributed by atoms with E-state index in [4.69, 9.17) is 22.1 Å². The number of nitriles is 2. The lowest BCUT2D eigenvalue weighted by molar-refractivity contribution is -0.113. The van der Waals surface area contributed by atoms with Gasteiger partial charge in [0, 0.05) is 21.8 Å². The van der Waals surface area contributed by atoms with Crippen LogP contribution in [-0.4, -0.2) is 23.3 Å². The van der Waals surface area contributed by atoms with Gasteiger partial charge in [0.25, 0.3) is 0 Å². The predicted molar refractivity (Wildman–Crippen MR) is 125 cm³/mol. The molecule has 1 amide bonds. The van der Waals surface area contributed by atoms with E-state index < -0.39 is 0 Å². The van der Waals surface area contributed by atoms with Gasteiger partial charge in [-0.3, -0.25) is 4.79 Å². The number of anilines is 2. The number of nitrogen functional groups attached to an aromatic ring is 1. The molecule has 9 heteroatoms. The van der Waals surface area contributed by atoms with Gasteiger partial charge in [0.1, 0.15) is 34.3 Å². The van der Waals surface area contributed by atoms with Crippen LogP contribution in [0.3, 0.4) is 0 Å². The summed E-state index contributed by atoms with van der Waals surface area (Å²) in [5.74, 6) is 0.383. The second-order valence-electron chi connectivity index (χ2n) is 6.42. The molecule has 7 nitrogen and oxygen atoms in total. The number of nitrogens with zero attached hydrogens (tertiary/aromatic N) is 3. The molecule has 0 bridgehead atoms. The van der Waals surface area contributed by atoms with Gasteiger partial charge in [0.2, 0.25) is 5.91 Å². The molecule has 0 fully saturated rings. The Hall–Kier alpha value is -3.72. The van der Waals surface area contributed by atoms with Gasteiger partial charge < -0.3 is 15.8 Å². The molecule has 3 rings (SSSR count). The summed E-state index contributed by atoms with van der Waals surface area (Å²) in [4.78, 5) is 16.6. The van der Waals surface area contributed by atoms with Crippen molar-refractivity contribution in [2.45, 2.75) is 11.9 Å². The zero-order valence-electron chi connectivity index (χ0n) is 17.1. The summed E-state index contributed by atoms with van der Waals surface area (Å²) in [5.41, 5.74) is 7.63. The molecule has 0 unspecified atom stereocenters. The van der Waals surface area contributed by atoms with E-state index in [2.05, 4.69) is 16.4 Å². The summed E-state index contributed by atoms with van der Waals surface area (Å²) in [6.07, 6.45) is 0. The van der Waals surface area contributed by atoms with Crippen LogP contribution in [0.15, 0.2) is 53.6 Å². The molecule has 2 aromatic carbocycles. The summed E-state index contributed by atoms with van der Waals surface area (Å²) in [6, 6.07) is 17.9. The fourth-order valence-corrected chi connectivity index (χ4v) is 3.99. The number of benzene rings is 2. The Balaban J connectivity index is 1.85. The third kappa shape index (κ3) is 5.12. The van der Waals surface area contributed by atoms with Crippen molar-refractivity contribution in [1.82, 2.24) is 4.98 Å². The lowest BCUT2D eigenvalue weighted by Gasteiger charge is -2.14. The number of carbonyl (C=O) groups excluding carboxylic acids is 1. The molecule has 0 saturated carbocycles. The molecule has 0 aliphatic rings. The highest BCUT2D eigenvalue weighted by Crippen LogP contribution is 2.38. The lowest BCUT2D eigenvalue weighted by atomic mass is 9.97. The predicted octanol–water partition coefficient (Wildman–Crippen LogP) is 4.86. The fourth-order valence-electron chi connectivity index (χ4n) is 2.97. The highest BCUT2D eigenvalue weighted by molar-refractivity contribution is 8.00. The van der Waals surface area contributed by atoms with E-state index in [0.29, 0.717) is 34.2 Å². The van der Waals surface area contributed by atoms with Crippen molar-refractivity contribution in [2.24, 2.45) is 0 Å². The van der Waals surface area contributed by atoms with E-state index >= 15 is 0 Å². The summed E-state index contributed by atoms with van der Waals surface area (Å²) in [6.45, 7) is 2.45. The van der Waals surface area contributed by atoms with Crippen molar-refractivity contribution >= 4 is 40.8 Å². The van der Waals surface area contributed by atoms with E-state index in [-0.39, 0.29) is 33.6 Å². The summed E-state index contributed by atoms with van der Waals surface area (Å²) in [7, 11) is 0. The molecule has 0 radical (unpaired) electrons. The maximum Gasteiger partial charge on any atom is 0.234 e. The highest BCUT2D eigenvalue weighted by atomic mass is 35.5. The summed E-state index contributed by atoms with van der Waals surface area (Å²) in [5, 5.41) is 22.8. The quantitative estimate of drug-likeness (QED) is 0.479. The first kappa shape index (κ1) is 23.0. The van der Waals surface area contributed by atoms with Gasteiger partial charge in [-0.15, -0.1) is 0 Å². The third-order valence-corrected chi connectivity index (χ3v) is 5.65. The second-order valence-corrected chi connectivity index (χ2v) is 7.80. The van der Waals surface area contributed by atoms with Crippen LogP contribution in [0, 0.1) is 22.7 Å². The normalized spacial score (nSPS) is 10.1. The van der Waals surface area contributed by atoms with Crippen LogP contribution in [0.1, 0.15) is 18.1 Å². The third-order valence-electron chi connectivity index (χ3n) is 4.35. The average molecular weight is 464 g/mol. The molecular weight excluding hydrogens is 446 g/mol. The largest absolute Gasteiger partial charge is 0.494 e. The van der Waals surface area contributed by atoms with Gasteiger partial charge >= 0.3 is 0 Å². The van der Waals surface area contributed by atoms with Crippen molar-refractivity contribution in [3.8, 4) is 29.0 Å². The number of hydrogen-bond acceptors (Lipinski definition) is 7. The Kier molecular flexibility index (Phi) is 7.56. The van der Waals surface area contributed by atoms with Gasteiger partial charge in [0.05, 0.1) is 17.9 Å². The number of nitrogens with one attached hydrogen (secondary N) is 1. The average Bonchev–Trinajstić information content (AvgIpc) is 2.79. The number of aromatic nitrogens is 1. The second kappa shape index (κ2) is 10.5. The zero-order valence-corrected chi connectivity index (χ0v) is 18.6. The number of thioether (sulfide) groups is 1. The minimum Gasteiger partial charge on any atom is -0.494 e. The molecule has 1 aromatic heterocycles. The molecule has 32 heavy (non-hydrogen) atoms. The number of ether oxygens (including phenoxy) is 1. The van der Waals surface area contributed by atoms with Crippen LogP contribution < -0.4 is 15.8 Å². The van der Waals surface area contributed by atoms with Crippen molar-refractivity contribution in [3.63, 3.8) is 0 Å². The fraction of sp³-hybridized carbons (Fsp3) is 0.130. The number of rotatable bonds is 7. The van der Waals surface area contributed by atoms with Crippen LogP contribution in [0.2, 0.25) is 5.02 Å². The molecule has 0 atom stereocenters. The molecule has 3 aromatic rings. The van der Waals surface area contributed by atoms with Crippen molar-refractivity contribution in [3.05, 3.63) is 64.7 Å². The first-order valence-electron chi connectivity index (χ1n) is 9.52. The maximum absolute atomic E-state index is 12.4. The Morgan fingerprint density at radius 2 is 1.84 bits per heavy atom. The van der Waals surface area contributed by atoms with Gasteiger partial charge in [-0.05, 0) is 37.3 Å². The molecular formula is C23H18ClN5O2S. The van der Waals surface area contributed by atoms with Gasteiger partial charge in [-0.25, -0.2) is 4.98 Å². The van der Waals surface area contributed by atoms with E-state index in [1.54, 1.807) is 48.5 Å². The standard InChI is InChI=1S/C23H18ClN5O2S/c1-2-31-15-9-7-14(8-10-15)28-20(30)13-32-23-18(12-26)21(17(11-25)22(27)29-23)16-5-3-4-6-19(16)24/h3-10H,2,13H2,1H3,(H2,27,29)(H,28,30). The van der Waals surface area contributed by atoms with E-state index in [0.717, 1.165) is 11.8 Å². The summed E-state index contributed by atoms with van der Waals surface area (Å²) >= 11 is 7.37. The van der Waals surface area contributed by atoms with Crippen LogP contribution >= 0.6 is 23.4 Å². The molecule has 0 saturated heterocycles. The monoisotopic (exact) mass is 463 g/mol. The highest BCUT2D eigenvalue weighted by Gasteiger charge is 2.22. The Morgan fingerprint density at radius 1 is 1.16 bits per heavy atom. The smallest absolute Gasteiger partial charge is 0.234 e. The number of amides is 1. The molecule has 1 heterocycles. The van der Waals surface area contributed by atoms with Crippen LogP contribution in [0.5, 0.6) is 5.75 Å². The molecule has 3 N–H and O–H groups in total. The van der Waals surface area contributed by atoms with Crippen LogP contribution in [0.4, 0.5) is 11.5 Å². The zero-order chi connectivity index (χ0) is 23.1. The number of halogens is 1. The van der Waals surface area contributed by atoms with E-state index in [1.807, 2.05) is 13.0 Å². The molecule has 0 aliphatic carbocycles. The molecule has 160 valence electrons. The van der Waals surface area contributed by atoms with Crippen molar-refractivity contribution in [2.75, 3.05) is 23.4 Å². The Morgan fingerprint density at radius 3 is 2.47 bits per heavy atom. The van der Waals surface area contributed by atoms with Crippen LogP contribution in [0.25, 0.3) is 11.1 Å².